The minimum absolute atomic E-state index is 0.0595. The fourth-order valence-electron chi connectivity index (χ4n) is 5.75. The first kappa shape index (κ1) is 21.9. The molecule has 0 aliphatic carbocycles. The van der Waals surface area contributed by atoms with Gasteiger partial charge in [0.2, 0.25) is 0 Å². The molecule has 2 aliphatic rings. The van der Waals surface area contributed by atoms with Gasteiger partial charge in [-0.15, -0.1) is 0 Å². The predicted octanol–water partition coefficient (Wildman–Crippen LogP) is 4.70. The minimum atomic E-state index is -0.901. The summed E-state index contributed by atoms with van der Waals surface area (Å²) in [4.78, 5) is 31.9. The lowest BCUT2D eigenvalue weighted by Gasteiger charge is -2.49. The van der Waals surface area contributed by atoms with Crippen LogP contribution < -0.4 is 0 Å². The maximum absolute atomic E-state index is 12.8. The predicted molar refractivity (Wildman–Crippen MR) is 120 cm³/mol. The third-order valence-electron chi connectivity index (χ3n) is 6.97. The fraction of sp³-hybridized carbons (Fsp3) is 0.600. The average molecular weight is 427 g/mol. The molecule has 4 rings (SSSR count). The van der Waals surface area contributed by atoms with Gasteiger partial charge in [-0.05, 0) is 57.7 Å². The summed E-state index contributed by atoms with van der Waals surface area (Å²) in [5.74, 6) is -1.79. The fourth-order valence-corrected chi connectivity index (χ4v) is 5.75. The normalized spacial score (nSPS) is 23.4. The van der Waals surface area contributed by atoms with Crippen molar-refractivity contribution in [2.45, 2.75) is 70.9 Å². The van der Waals surface area contributed by atoms with E-state index in [9.17, 15) is 9.59 Å². The van der Waals surface area contributed by atoms with Crippen LogP contribution in [0.25, 0.3) is 10.9 Å². The maximum Gasteiger partial charge on any atom is 0.320 e. The second kappa shape index (κ2) is 9.43. The van der Waals surface area contributed by atoms with E-state index in [0.717, 1.165) is 24.9 Å². The highest BCUT2D eigenvalue weighted by molar-refractivity contribution is 5.95. The molecule has 31 heavy (non-hydrogen) atoms. The number of nitrogens with zero attached hydrogens (tertiary/aromatic N) is 1. The molecule has 1 saturated heterocycles. The van der Waals surface area contributed by atoms with Crippen molar-refractivity contribution in [3.05, 3.63) is 35.5 Å². The van der Waals surface area contributed by atoms with Crippen molar-refractivity contribution in [1.82, 2.24) is 9.88 Å². The lowest BCUT2D eigenvalue weighted by molar-refractivity contribution is -0.162. The minimum Gasteiger partial charge on any atom is -0.465 e. The van der Waals surface area contributed by atoms with Gasteiger partial charge in [-0.25, -0.2) is 0 Å². The lowest BCUT2D eigenvalue weighted by Crippen LogP contribution is -2.49. The number of para-hydroxylation sites is 1. The monoisotopic (exact) mass is 426 g/mol. The van der Waals surface area contributed by atoms with E-state index in [2.05, 4.69) is 41.1 Å². The van der Waals surface area contributed by atoms with Gasteiger partial charge >= 0.3 is 11.9 Å². The Morgan fingerprint density at radius 1 is 1.10 bits per heavy atom. The van der Waals surface area contributed by atoms with E-state index in [0.29, 0.717) is 12.5 Å². The third kappa shape index (κ3) is 3.98. The van der Waals surface area contributed by atoms with Crippen LogP contribution in [0.2, 0.25) is 0 Å². The first-order valence-electron chi connectivity index (χ1n) is 11.8. The zero-order chi connectivity index (χ0) is 22.0. The molecule has 1 fully saturated rings. The highest BCUT2D eigenvalue weighted by Gasteiger charge is 2.45. The van der Waals surface area contributed by atoms with Crippen molar-refractivity contribution in [2.75, 3.05) is 19.8 Å². The Balaban J connectivity index is 1.80. The van der Waals surface area contributed by atoms with Gasteiger partial charge in [0.05, 0.1) is 19.3 Å². The first-order valence-corrected chi connectivity index (χ1v) is 11.8. The number of carbonyl (C=O) groups is 2. The van der Waals surface area contributed by atoms with E-state index in [-0.39, 0.29) is 25.2 Å². The topological polar surface area (TPSA) is 71.6 Å². The summed E-state index contributed by atoms with van der Waals surface area (Å²) in [6.07, 6.45) is 4.94. The van der Waals surface area contributed by atoms with Crippen LogP contribution in [-0.4, -0.2) is 47.6 Å². The van der Waals surface area contributed by atoms with Crippen molar-refractivity contribution < 1.29 is 19.1 Å². The highest BCUT2D eigenvalue weighted by atomic mass is 16.6. The zero-order valence-electron chi connectivity index (χ0n) is 18.9. The number of H-pyrrole nitrogens is 1. The number of piperidine rings is 1. The number of aromatic amines is 1. The largest absolute Gasteiger partial charge is 0.465 e. The Labute approximate surface area is 184 Å². The molecule has 0 bridgehead atoms. The number of nitrogens with one attached hydrogen (secondary N) is 1. The van der Waals surface area contributed by atoms with Crippen LogP contribution in [0, 0.1) is 5.92 Å². The number of hydrogen-bond donors (Lipinski definition) is 1. The molecular weight excluding hydrogens is 392 g/mol. The molecule has 6 heteroatoms. The summed E-state index contributed by atoms with van der Waals surface area (Å²) in [7, 11) is 0. The quantitative estimate of drug-likeness (QED) is 0.513. The van der Waals surface area contributed by atoms with E-state index in [1.165, 1.54) is 29.5 Å². The standard InChI is InChI=1S/C25H34N2O4/c1-4-20-17(15-18(24(28)30-5-2)25(29)31-6-3)22-16-11-7-8-12-19(16)26-23(22)21-13-9-10-14-27(20)21/h7-8,11-12,17-18,20-21,26H,4-6,9-10,13-15H2,1-3H3. The highest BCUT2D eigenvalue weighted by Crippen LogP contribution is 2.49. The van der Waals surface area contributed by atoms with Gasteiger partial charge in [0, 0.05) is 28.6 Å². The van der Waals surface area contributed by atoms with E-state index in [1.807, 2.05) is 0 Å². The molecule has 1 aromatic carbocycles. The molecular formula is C25H34N2O4. The number of carbonyl (C=O) groups excluding carboxylic acids is 2. The van der Waals surface area contributed by atoms with Crippen molar-refractivity contribution in [1.29, 1.82) is 0 Å². The molecule has 0 spiro atoms. The molecule has 2 aromatic rings. The molecule has 0 saturated carbocycles. The van der Waals surface area contributed by atoms with Crippen LogP contribution in [0.1, 0.15) is 76.1 Å². The van der Waals surface area contributed by atoms with Crippen LogP contribution in [0.15, 0.2) is 24.3 Å². The van der Waals surface area contributed by atoms with Crippen LogP contribution in [-0.2, 0) is 19.1 Å². The van der Waals surface area contributed by atoms with Crippen molar-refractivity contribution in [3.8, 4) is 0 Å². The van der Waals surface area contributed by atoms with E-state index in [1.54, 1.807) is 13.8 Å². The van der Waals surface area contributed by atoms with Gasteiger partial charge in [-0.3, -0.25) is 14.5 Å². The Bertz CT molecular complexity index is 919. The molecule has 3 atom stereocenters. The summed E-state index contributed by atoms with van der Waals surface area (Å²) in [6, 6.07) is 9.05. The van der Waals surface area contributed by atoms with Crippen molar-refractivity contribution in [3.63, 3.8) is 0 Å². The Morgan fingerprint density at radius 3 is 2.48 bits per heavy atom. The Morgan fingerprint density at radius 2 is 1.81 bits per heavy atom. The second-order valence-electron chi connectivity index (χ2n) is 8.62. The van der Waals surface area contributed by atoms with E-state index < -0.39 is 17.9 Å². The number of benzene rings is 1. The molecule has 168 valence electrons. The molecule has 0 radical (unpaired) electrons. The summed E-state index contributed by atoms with van der Waals surface area (Å²) in [6.45, 7) is 7.31. The van der Waals surface area contributed by atoms with Crippen LogP contribution in [0.4, 0.5) is 0 Å². The third-order valence-corrected chi connectivity index (χ3v) is 6.97. The number of rotatable bonds is 7. The number of esters is 2. The average Bonchev–Trinajstić information content (AvgIpc) is 3.17. The Kier molecular flexibility index (Phi) is 6.65. The SMILES string of the molecule is CCOC(=O)C(CC1c2c([nH]c3ccccc23)C2CCCCN2C1CC)C(=O)OCC. The molecule has 0 amide bonds. The van der Waals surface area contributed by atoms with Crippen molar-refractivity contribution in [2.24, 2.45) is 5.92 Å². The van der Waals surface area contributed by atoms with E-state index in [4.69, 9.17) is 9.47 Å². The second-order valence-corrected chi connectivity index (χ2v) is 8.62. The molecule has 6 nitrogen and oxygen atoms in total. The first-order chi connectivity index (χ1) is 15.1. The summed E-state index contributed by atoms with van der Waals surface area (Å²) in [5, 5.41) is 1.21. The summed E-state index contributed by atoms with van der Waals surface area (Å²) in [5.41, 5.74) is 3.68. The van der Waals surface area contributed by atoms with Crippen molar-refractivity contribution >= 4 is 22.8 Å². The van der Waals surface area contributed by atoms with Crippen LogP contribution in [0.5, 0.6) is 0 Å². The molecule has 2 aliphatic heterocycles. The molecule has 1 N–H and O–H groups in total. The van der Waals surface area contributed by atoms with Gasteiger partial charge in [-0.1, -0.05) is 31.5 Å². The molecule has 3 heterocycles. The summed E-state index contributed by atoms with van der Waals surface area (Å²) >= 11 is 0. The van der Waals surface area contributed by atoms with Gasteiger partial charge in [0.1, 0.15) is 0 Å². The number of aromatic nitrogens is 1. The summed E-state index contributed by atoms with van der Waals surface area (Å²) < 4.78 is 10.6. The lowest BCUT2D eigenvalue weighted by atomic mass is 9.74. The Hall–Kier alpha value is -2.34. The number of fused-ring (bicyclic) bond motifs is 5. The van der Waals surface area contributed by atoms with E-state index >= 15 is 0 Å². The van der Waals surface area contributed by atoms with Gasteiger partial charge < -0.3 is 14.5 Å². The smallest absolute Gasteiger partial charge is 0.320 e. The maximum atomic E-state index is 12.8. The van der Waals surface area contributed by atoms with Crippen LogP contribution >= 0.6 is 0 Å². The van der Waals surface area contributed by atoms with Gasteiger partial charge in [-0.2, -0.15) is 0 Å². The number of ether oxygens (including phenoxy) is 2. The molecule has 3 unspecified atom stereocenters. The molecule has 1 aromatic heterocycles. The zero-order valence-corrected chi connectivity index (χ0v) is 18.9. The van der Waals surface area contributed by atoms with Gasteiger partial charge in [0.25, 0.3) is 0 Å². The van der Waals surface area contributed by atoms with Gasteiger partial charge in [0.15, 0.2) is 5.92 Å². The van der Waals surface area contributed by atoms with Crippen LogP contribution in [0.3, 0.4) is 0 Å². The number of hydrogen-bond acceptors (Lipinski definition) is 5.